The van der Waals surface area contributed by atoms with Gasteiger partial charge in [-0.05, 0) is 44.5 Å². The van der Waals surface area contributed by atoms with Crippen molar-refractivity contribution in [2.75, 3.05) is 13.1 Å². The summed E-state index contributed by atoms with van der Waals surface area (Å²) in [5.74, 6) is -0.341. The Labute approximate surface area is 130 Å². The Bertz CT molecular complexity index is 510. The van der Waals surface area contributed by atoms with Gasteiger partial charge in [-0.15, -0.1) is 0 Å². The van der Waals surface area contributed by atoms with E-state index in [4.69, 9.17) is 11.6 Å². The highest BCUT2D eigenvalue weighted by molar-refractivity contribution is 6.30. The van der Waals surface area contributed by atoms with E-state index in [1.165, 1.54) is 11.0 Å². The van der Waals surface area contributed by atoms with Gasteiger partial charge in [-0.3, -0.25) is 9.59 Å². The molecular weight excluding hydrogens is 288 g/mol. The molecule has 0 aliphatic rings. The van der Waals surface area contributed by atoms with Gasteiger partial charge in [0.2, 0.25) is 11.8 Å². The van der Waals surface area contributed by atoms with Crippen molar-refractivity contribution in [1.82, 2.24) is 10.2 Å². The summed E-state index contributed by atoms with van der Waals surface area (Å²) in [6, 6.07) is 7.25. The minimum absolute atomic E-state index is 0.0657. The Morgan fingerprint density at radius 2 is 1.90 bits per heavy atom. The molecule has 1 rings (SSSR count). The largest absolute Gasteiger partial charge is 0.352 e. The third-order valence-corrected chi connectivity index (χ3v) is 3.02. The molecule has 0 aliphatic heterocycles. The number of hydrogen-bond acceptors (Lipinski definition) is 2. The molecule has 1 aromatic carbocycles. The van der Waals surface area contributed by atoms with Crippen LogP contribution in [0.25, 0.3) is 6.08 Å². The molecule has 1 aromatic rings. The average molecular weight is 309 g/mol. The lowest BCUT2D eigenvalue weighted by molar-refractivity contribution is -0.132. The van der Waals surface area contributed by atoms with E-state index in [0.717, 1.165) is 5.56 Å². The summed E-state index contributed by atoms with van der Waals surface area (Å²) in [6.45, 7) is 6.16. The first-order chi connectivity index (χ1) is 9.92. The van der Waals surface area contributed by atoms with Gasteiger partial charge < -0.3 is 10.2 Å². The van der Waals surface area contributed by atoms with E-state index >= 15 is 0 Å². The summed E-state index contributed by atoms with van der Waals surface area (Å²) in [5, 5.41) is 3.42. The summed E-state index contributed by atoms with van der Waals surface area (Å²) < 4.78 is 0. The Kier molecular flexibility index (Phi) is 6.96. The molecule has 0 bridgehead atoms. The minimum Gasteiger partial charge on any atom is -0.352 e. The first-order valence-electron chi connectivity index (χ1n) is 6.94. The zero-order valence-electron chi connectivity index (χ0n) is 12.6. The molecule has 0 fully saturated rings. The Balaban J connectivity index is 2.62. The van der Waals surface area contributed by atoms with E-state index in [2.05, 4.69) is 5.32 Å². The van der Waals surface area contributed by atoms with Crippen LogP contribution in [-0.2, 0) is 9.59 Å². The van der Waals surface area contributed by atoms with E-state index in [1.807, 2.05) is 32.9 Å². The number of carbonyl (C=O) groups excluding carboxylic acids is 2. The Hall–Kier alpha value is -1.81. The molecule has 114 valence electrons. The quantitative estimate of drug-likeness (QED) is 0.822. The van der Waals surface area contributed by atoms with Crippen LogP contribution in [-0.4, -0.2) is 35.8 Å². The van der Waals surface area contributed by atoms with Crippen LogP contribution < -0.4 is 5.32 Å². The van der Waals surface area contributed by atoms with Gasteiger partial charge >= 0.3 is 0 Å². The van der Waals surface area contributed by atoms with E-state index < -0.39 is 0 Å². The van der Waals surface area contributed by atoms with Crippen molar-refractivity contribution in [1.29, 1.82) is 0 Å². The molecule has 0 spiro atoms. The first kappa shape index (κ1) is 17.2. The SMILES string of the molecule is CCN(CC(=O)NC(C)C)C(=O)/C=C/c1ccc(Cl)cc1. The summed E-state index contributed by atoms with van der Waals surface area (Å²) in [4.78, 5) is 25.3. The average Bonchev–Trinajstić information content (AvgIpc) is 2.43. The van der Waals surface area contributed by atoms with Gasteiger partial charge in [0.15, 0.2) is 0 Å². The number of nitrogens with zero attached hydrogens (tertiary/aromatic N) is 1. The van der Waals surface area contributed by atoms with Crippen LogP contribution in [0.4, 0.5) is 0 Å². The van der Waals surface area contributed by atoms with Crippen LogP contribution in [0.15, 0.2) is 30.3 Å². The summed E-state index contributed by atoms with van der Waals surface area (Å²) >= 11 is 5.80. The zero-order valence-corrected chi connectivity index (χ0v) is 13.4. The van der Waals surface area contributed by atoms with Crippen LogP contribution in [0.5, 0.6) is 0 Å². The number of rotatable bonds is 6. The van der Waals surface area contributed by atoms with Crippen molar-refractivity contribution in [3.8, 4) is 0 Å². The maximum Gasteiger partial charge on any atom is 0.247 e. The second-order valence-corrected chi connectivity index (χ2v) is 5.40. The first-order valence-corrected chi connectivity index (χ1v) is 7.32. The molecule has 0 saturated carbocycles. The number of amides is 2. The predicted molar refractivity (Wildman–Crippen MR) is 86.0 cm³/mol. The fraction of sp³-hybridized carbons (Fsp3) is 0.375. The molecule has 21 heavy (non-hydrogen) atoms. The lowest BCUT2D eigenvalue weighted by Crippen LogP contribution is -2.42. The zero-order chi connectivity index (χ0) is 15.8. The standard InChI is InChI=1S/C16H21ClN2O2/c1-4-19(11-15(20)18-12(2)3)16(21)10-7-13-5-8-14(17)9-6-13/h5-10,12H,4,11H2,1-3H3,(H,18,20)/b10-7+. The van der Waals surface area contributed by atoms with Gasteiger partial charge in [-0.25, -0.2) is 0 Å². The minimum atomic E-state index is -0.189. The number of likely N-dealkylation sites (N-methyl/N-ethyl adjacent to an activating group) is 1. The van der Waals surface area contributed by atoms with E-state index in [9.17, 15) is 9.59 Å². The number of halogens is 1. The molecule has 5 heteroatoms. The number of hydrogen-bond donors (Lipinski definition) is 1. The fourth-order valence-corrected chi connectivity index (χ4v) is 1.86. The smallest absolute Gasteiger partial charge is 0.247 e. The van der Waals surface area contributed by atoms with E-state index in [0.29, 0.717) is 11.6 Å². The normalized spacial score (nSPS) is 10.9. The van der Waals surface area contributed by atoms with Crippen molar-refractivity contribution < 1.29 is 9.59 Å². The highest BCUT2D eigenvalue weighted by atomic mass is 35.5. The van der Waals surface area contributed by atoms with Gasteiger partial charge in [-0.2, -0.15) is 0 Å². The van der Waals surface area contributed by atoms with E-state index in [1.54, 1.807) is 18.2 Å². The fourth-order valence-electron chi connectivity index (χ4n) is 1.73. The Morgan fingerprint density at radius 3 is 2.43 bits per heavy atom. The van der Waals surface area contributed by atoms with Crippen molar-refractivity contribution in [3.05, 3.63) is 40.9 Å². The molecule has 1 N–H and O–H groups in total. The predicted octanol–water partition coefficient (Wildman–Crippen LogP) is 2.73. The van der Waals surface area contributed by atoms with Crippen LogP contribution >= 0.6 is 11.6 Å². The van der Waals surface area contributed by atoms with Gasteiger partial charge in [0.1, 0.15) is 0 Å². The lowest BCUT2D eigenvalue weighted by atomic mass is 10.2. The lowest BCUT2D eigenvalue weighted by Gasteiger charge is -2.19. The summed E-state index contributed by atoms with van der Waals surface area (Å²) in [5.41, 5.74) is 0.885. The molecular formula is C16H21ClN2O2. The highest BCUT2D eigenvalue weighted by Crippen LogP contribution is 2.10. The Morgan fingerprint density at radius 1 is 1.29 bits per heavy atom. The van der Waals surface area contributed by atoms with Gasteiger partial charge in [-0.1, -0.05) is 23.7 Å². The monoisotopic (exact) mass is 308 g/mol. The summed E-state index contributed by atoms with van der Waals surface area (Å²) in [6.07, 6.45) is 3.18. The molecule has 0 saturated heterocycles. The molecule has 0 aromatic heterocycles. The van der Waals surface area contributed by atoms with Crippen molar-refractivity contribution in [3.63, 3.8) is 0 Å². The summed E-state index contributed by atoms with van der Waals surface area (Å²) in [7, 11) is 0. The maximum absolute atomic E-state index is 12.1. The number of benzene rings is 1. The number of carbonyl (C=O) groups is 2. The third kappa shape index (κ3) is 6.45. The van der Waals surface area contributed by atoms with Crippen molar-refractivity contribution in [2.45, 2.75) is 26.8 Å². The van der Waals surface area contributed by atoms with Gasteiger partial charge in [0.25, 0.3) is 0 Å². The van der Waals surface area contributed by atoms with E-state index in [-0.39, 0.29) is 24.4 Å². The van der Waals surface area contributed by atoms with Crippen LogP contribution in [0.2, 0.25) is 5.02 Å². The molecule has 0 unspecified atom stereocenters. The second-order valence-electron chi connectivity index (χ2n) is 4.96. The van der Waals surface area contributed by atoms with Crippen molar-refractivity contribution >= 4 is 29.5 Å². The second kappa shape index (κ2) is 8.47. The number of nitrogens with one attached hydrogen (secondary N) is 1. The van der Waals surface area contributed by atoms with Crippen LogP contribution in [0.3, 0.4) is 0 Å². The third-order valence-electron chi connectivity index (χ3n) is 2.77. The van der Waals surface area contributed by atoms with Gasteiger partial charge in [0.05, 0.1) is 6.54 Å². The molecule has 0 heterocycles. The van der Waals surface area contributed by atoms with Gasteiger partial charge in [0, 0.05) is 23.7 Å². The molecule has 0 atom stereocenters. The molecule has 0 radical (unpaired) electrons. The van der Waals surface area contributed by atoms with Crippen molar-refractivity contribution in [2.24, 2.45) is 0 Å². The topological polar surface area (TPSA) is 49.4 Å². The van der Waals surface area contributed by atoms with Crippen LogP contribution in [0, 0.1) is 0 Å². The highest BCUT2D eigenvalue weighted by Gasteiger charge is 2.13. The molecule has 2 amide bonds. The maximum atomic E-state index is 12.1. The molecule has 0 aliphatic carbocycles. The molecule has 4 nitrogen and oxygen atoms in total. The van der Waals surface area contributed by atoms with Crippen LogP contribution in [0.1, 0.15) is 26.3 Å².